The standard InChI is InChI=1S/C20H20ClNO4/c21-15-8-10-16(11-9-15)25-13-20(24)26-12-19(23)22-18-7-3-5-14-4-1-2-6-17(14)18/h1-2,4,6,8-11,18H,3,5,7,12-13H2,(H,22,23)/t18-/m0/s1. The van der Waals surface area contributed by atoms with Crippen molar-refractivity contribution in [2.45, 2.75) is 25.3 Å². The van der Waals surface area contributed by atoms with Crippen molar-refractivity contribution < 1.29 is 19.1 Å². The van der Waals surface area contributed by atoms with Gasteiger partial charge < -0.3 is 14.8 Å². The van der Waals surface area contributed by atoms with Gasteiger partial charge in [-0.25, -0.2) is 4.79 Å². The van der Waals surface area contributed by atoms with Crippen molar-refractivity contribution in [2.75, 3.05) is 13.2 Å². The molecule has 0 bridgehead atoms. The number of fused-ring (bicyclic) bond motifs is 1. The Morgan fingerprint density at radius 1 is 1.08 bits per heavy atom. The molecule has 0 aromatic heterocycles. The minimum absolute atomic E-state index is 0.0310. The van der Waals surface area contributed by atoms with E-state index in [4.69, 9.17) is 21.1 Å². The molecule has 0 aliphatic heterocycles. The van der Waals surface area contributed by atoms with E-state index in [9.17, 15) is 9.59 Å². The van der Waals surface area contributed by atoms with E-state index in [-0.39, 0.29) is 25.2 Å². The Morgan fingerprint density at radius 3 is 2.65 bits per heavy atom. The average Bonchev–Trinajstić information content (AvgIpc) is 2.66. The van der Waals surface area contributed by atoms with Crippen molar-refractivity contribution in [1.29, 1.82) is 0 Å². The summed E-state index contributed by atoms with van der Waals surface area (Å²) in [7, 11) is 0. The Labute approximate surface area is 157 Å². The van der Waals surface area contributed by atoms with E-state index in [0.717, 1.165) is 24.8 Å². The van der Waals surface area contributed by atoms with Crippen LogP contribution in [0.1, 0.15) is 30.0 Å². The number of amides is 1. The van der Waals surface area contributed by atoms with Crippen molar-refractivity contribution in [2.24, 2.45) is 0 Å². The van der Waals surface area contributed by atoms with Crippen LogP contribution in [0.5, 0.6) is 5.75 Å². The van der Waals surface area contributed by atoms with E-state index >= 15 is 0 Å². The van der Waals surface area contributed by atoms with Crippen LogP contribution in [0.15, 0.2) is 48.5 Å². The first kappa shape index (κ1) is 18.3. The highest BCUT2D eigenvalue weighted by atomic mass is 35.5. The molecule has 26 heavy (non-hydrogen) atoms. The van der Waals surface area contributed by atoms with E-state index in [1.165, 1.54) is 5.56 Å². The Bertz CT molecular complexity index is 776. The molecule has 1 N–H and O–H groups in total. The maximum Gasteiger partial charge on any atom is 0.344 e. The van der Waals surface area contributed by atoms with Crippen molar-refractivity contribution in [1.82, 2.24) is 5.32 Å². The predicted molar refractivity (Wildman–Crippen MR) is 98.2 cm³/mol. The number of hydrogen-bond acceptors (Lipinski definition) is 4. The van der Waals surface area contributed by atoms with Crippen LogP contribution < -0.4 is 10.1 Å². The van der Waals surface area contributed by atoms with Crippen molar-refractivity contribution in [3.63, 3.8) is 0 Å². The van der Waals surface area contributed by atoms with Crippen LogP contribution in [0, 0.1) is 0 Å². The topological polar surface area (TPSA) is 64.6 Å². The summed E-state index contributed by atoms with van der Waals surface area (Å²) in [5, 5.41) is 3.52. The third-order valence-corrected chi connectivity index (χ3v) is 4.49. The number of aryl methyl sites for hydroxylation is 1. The van der Waals surface area contributed by atoms with Crippen LogP contribution in [-0.4, -0.2) is 25.1 Å². The lowest BCUT2D eigenvalue weighted by molar-refractivity contribution is -0.150. The Hall–Kier alpha value is -2.53. The fourth-order valence-electron chi connectivity index (χ4n) is 3.00. The summed E-state index contributed by atoms with van der Waals surface area (Å²) in [4.78, 5) is 23.8. The number of hydrogen-bond donors (Lipinski definition) is 1. The molecule has 0 fully saturated rings. The average molecular weight is 374 g/mol. The highest BCUT2D eigenvalue weighted by Gasteiger charge is 2.21. The van der Waals surface area contributed by atoms with Gasteiger partial charge in [0, 0.05) is 5.02 Å². The van der Waals surface area contributed by atoms with Crippen LogP contribution in [0.25, 0.3) is 0 Å². The fraction of sp³-hybridized carbons (Fsp3) is 0.300. The number of halogens is 1. The number of benzene rings is 2. The number of esters is 1. The molecule has 1 aliphatic rings. The minimum Gasteiger partial charge on any atom is -0.482 e. The van der Waals surface area contributed by atoms with Gasteiger partial charge in [0.1, 0.15) is 5.75 Å². The highest BCUT2D eigenvalue weighted by Crippen LogP contribution is 2.29. The van der Waals surface area contributed by atoms with Crippen LogP contribution in [0.4, 0.5) is 0 Å². The zero-order valence-electron chi connectivity index (χ0n) is 14.2. The van der Waals surface area contributed by atoms with E-state index < -0.39 is 5.97 Å². The molecule has 1 aliphatic carbocycles. The second kappa shape index (κ2) is 8.72. The summed E-state index contributed by atoms with van der Waals surface area (Å²) in [5.74, 6) is -0.402. The van der Waals surface area contributed by atoms with Gasteiger partial charge in [-0.1, -0.05) is 35.9 Å². The van der Waals surface area contributed by atoms with Crippen molar-refractivity contribution in [3.05, 3.63) is 64.7 Å². The summed E-state index contributed by atoms with van der Waals surface area (Å²) < 4.78 is 10.3. The van der Waals surface area contributed by atoms with Crippen molar-refractivity contribution >= 4 is 23.5 Å². The SMILES string of the molecule is O=C(COC(=O)COc1ccc(Cl)cc1)N[C@H]1CCCc2ccccc21. The van der Waals surface area contributed by atoms with E-state index in [2.05, 4.69) is 11.4 Å². The van der Waals surface area contributed by atoms with Crippen LogP contribution in [0.2, 0.25) is 5.02 Å². The monoisotopic (exact) mass is 373 g/mol. The fourth-order valence-corrected chi connectivity index (χ4v) is 3.13. The molecule has 5 nitrogen and oxygen atoms in total. The minimum atomic E-state index is -0.598. The summed E-state index contributed by atoms with van der Waals surface area (Å²) >= 11 is 5.78. The molecule has 136 valence electrons. The first-order chi connectivity index (χ1) is 12.6. The Balaban J connectivity index is 1.43. The molecule has 1 atom stereocenters. The molecule has 0 spiro atoms. The molecule has 0 radical (unpaired) electrons. The normalized spacial score (nSPS) is 15.7. The molecule has 6 heteroatoms. The lowest BCUT2D eigenvalue weighted by Gasteiger charge is -2.26. The number of nitrogens with one attached hydrogen (secondary N) is 1. The van der Waals surface area contributed by atoms with Crippen LogP contribution in [-0.2, 0) is 20.7 Å². The maximum absolute atomic E-state index is 12.1. The van der Waals surface area contributed by atoms with Gasteiger partial charge in [0.05, 0.1) is 6.04 Å². The van der Waals surface area contributed by atoms with Gasteiger partial charge in [-0.2, -0.15) is 0 Å². The van der Waals surface area contributed by atoms with Gasteiger partial charge in [0.15, 0.2) is 13.2 Å². The summed E-state index contributed by atoms with van der Waals surface area (Å²) in [6.07, 6.45) is 2.94. The number of ether oxygens (including phenoxy) is 2. The van der Waals surface area contributed by atoms with Gasteiger partial charge in [-0.05, 0) is 54.7 Å². The largest absolute Gasteiger partial charge is 0.482 e. The molecule has 3 rings (SSSR count). The molecule has 0 saturated carbocycles. The first-order valence-electron chi connectivity index (χ1n) is 8.53. The zero-order chi connectivity index (χ0) is 18.4. The lowest BCUT2D eigenvalue weighted by atomic mass is 9.88. The smallest absolute Gasteiger partial charge is 0.344 e. The lowest BCUT2D eigenvalue weighted by Crippen LogP contribution is -2.34. The van der Waals surface area contributed by atoms with Crippen LogP contribution in [0.3, 0.4) is 0 Å². The second-order valence-corrected chi connectivity index (χ2v) is 6.55. The van der Waals surface area contributed by atoms with Gasteiger partial charge in [-0.3, -0.25) is 4.79 Å². The summed E-state index contributed by atoms with van der Waals surface area (Å²) in [5.41, 5.74) is 2.40. The van der Waals surface area contributed by atoms with E-state index in [0.29, 0.717) is 10.8 Å². The Morgan fingerprint density at radius 2 is 1.85 bits per heavy atom. The molecule has 0 saturated heterocycles. The van der Waals surface area contributed by atoms with Gasteiger partial charge in [-0.15, -0.1) is 0 Å². The molecule has 0 unspecified atom stereocenters. The molecule has 2 aromatic rings. The van der Waals surface area contributed by atoms with Gasteiger partial charge >= 0.3 is 5.97 Å². The summed E-state index contributed by atoms with van der Waals surface area (Å²) in [6, 6.07) is 14.7. The molecular formula is C20H20ClNO4. The molecule has 0 heterocycles. The number of carbonyl (C=O) groups excluding carboxylic acids is 2. The van der Waals surface area contributed by atoms with Crippen LogP contribution >= 0.6 is 11.6 Å². The van der Waals surface area contributed by atoms with E-state index in [1.54, 1.807) is 24.3 Å². The molecule has 2 aromatic carbocycles. The zero-order valence-corrected chi connectivity index (χ0v) is 15.0. The third kappa shape index (κ3) is 4.99. The number of rotatable bonds is 6. The van der Waals surface area contributed by atoms with Gasteiger partial charge in [0.25, 0.3) is 5.91 Å². The van der Waals surface area contributed by atoms with Crippen molar-refractivity contribution in [3.8, 4) is 5.75 Å². The van der Waals surface area contributed by atoms with Gasteiger partial charge in [0.2, 0.25) is 0 Å². The molecule has 1 amide bonds. The van der Waals surface area contributed by atoms with E-state index in [1.807, 2.05) is 18.2 Å². The second-order valence-electron chi connectivity index (χ2n) is 6.11. The number of carbonyl (C=O) groups is 2. The third-order valence-electron chi connectivity index (χ3n) is 4.24. The highest BCUT2D eigenvalue weighted by molar-refractivity contribution is 6.30. The maximum atomic E-state index is 12.1. The first-order valence-corrected chi connectivity index (χ1v) is 8.91. The molecular weight excluding hydrogens is 354 g/mol. The quantitative estimate of drug-likeness (QED) is 0.787. The summed E-state index contributed by atoms with van der Waals surface area (Å²) in [6.45, 7) is -0.581. The Kier molecular flexibility index (Phi) is 6.12. The predicted octanol–water partition coefficient (Wildman–Crippen LogP) is 3.46.